The fourth-order valence-electron chi connectivity index (χ4n) is 0.939. The Hall–Kier alpha value is -0.900. The highest BCUT2D eigenvalue weighted by Crippen LogP contribution is 1.97. The molecule has 82 valence electrons. The van der Waals surface area contributed by atoms with E-state index in [-0.39, 0.29) is 12.2 Å². The third kappa shape index (κ3) is 7.73. The van der Waals surface area contributed by atoms with E-state index < -0.39 is 5.97 Å². The van der Waals surface area contributed by atoms with Gasteiger partial charge in [-0.15, -0.1) is 0 Å². The Morgan fingerprint density at radius 2 is 1.93 bits per heavy atom. The van der Waals surface area contributed by atoms with Crippen molar-refractivity contribution < 1.29 is 19.1 Å². The van der Waals surface area contributed by atoms with Crippen molar-refractivity contribution in [3.05, 3.63) is 0 Å². The standard InChI is InChI=1S/C10H18O4/c1-3-6-14-7-4-5-9(11)8-10(12)13-2/h3-8H2,1-2H3. The Kier molecular flexibility index (Phi) is 8.13. The summed E-state index contributed by atoms with van der Waals surface area (Å²) in [6, 6.07) is 0. The van der Waals surface area contributed by atoms with Gasteiger partial charge in [0.1, 0.15) is 12.2 Å². The van der Waals surface area contributed by atoms with Crippen molar-refractivity contribution in [3.8, 4) is 0 Å². The van der Waals surface area contributed by atoms with Gasteiger partial charge in [0.05, 0.1) is 7.11 Å². The van der Waals surface area contributed by atoms with Crippen molar-refractivity contribution in [1.29, 1.82) is 0 Å². The molecule has 0 radical (unpaired) electrons. The van der Waals surface area contributed by atoms with Gasteiger partial charge < -0.3 is 9.47 Å². The summed E-state index contributed by atoms with van der Waals surface area (Å²) in [7, 11) is 1.28. The summed E-state index contributed by atoms with van der Waals surface area (Å²) in [6.07, 6.45) is 1.93. The molecule has 0 rings (SSSR count). The molecule has 0 aromatic rings. The first-order valence-electron chi connectivity index (χ1n) is 4.87. The Labute approximate surface area is 84.6 Å². The molecule has 4 heteroatoms. The fourth-order valence-corrected chi connectivity index (χ4v) is 0.939. The highest BCUT2D eigenvalue weighted by atomic mass is 16.5. The molecule has 0 aromatic heterocycles. The van der Waals surface area contributed by atoms with Gasteiger partial charge in [-0.05, 0) is 12.8 Å². The predicted molar refractivity (Wildman–Crippen MR) is 52.0 cm³/mol. The predicted octanol–water partition coefficient (Wildman–Crippen LogP) is 1.33. The summed E-state index contributed by atoms with van der Waals surface area (Å²) in [5.74, 6) is -0.554. The summed E-state index contributed by atoms with van der Waals surface area (Å²) >= 11 is 0. The van der Waals surface area contributed by atoms with E-state index in [0.717, 1.165) is 13.0 Å². The second-order valence-corrected chi connectivity index (χ2v) is 3.01. The number of ether oxygens (including phenoxy) is 2. The van der Waals surface area contributed by atoms with Crippen LogP contribution in [0.25, 0.3) is 0 Å². The van der Waals surface area contributed by atoms with Crippen molar-refractivity contribution in [1.82, 2.24) is 0 Å². The SMILES string of the molecule is CCCOCCCC(=O)CC(=O)OC. The molecule has 0 N–H and O–H groups in total. The van der Waals surface area contributed by atoms with Gasteiger partial charge in [-0.2, -0.15) is 0 Å². The van der Waals surface area contributed by atoms with Crippen LogP contribution in [0.2, 0.25) is 0 Å². The van der Waals surface area contributed by atoms with Crippen LogP contribution >= 0.6 is 0 Å². The van der Waals surface area contributed by atoms with Crippen molar-refractivity contribution in [2.75, 3.05) is 20.3 Å². The van der Waals surface area contributed by atoms with Gasteiger partial charge in [0.15, 0.2) is 0 Å². The number of esters is 1. The zero-order chi connectivity index (χ0) is 10.8. The lowest BCUT2D eigenvalue weighted by Crippen LogP contribution is -2.10. The maximum absolute atomic E-state index is 11.1. The third-order valence-electron chi connectivity index (χ3n) is 1.66. The van der Waals surface area contributed by atoms with E-state index in [9.17, 15) is 9.59 Å². The molecule has 0 atom stereocenters. The Balaban J connectivity index is 3.31. The van der Waals surface area contributed by atoms with E-state index >= 15 is 0 Å². The molecule has 0 bridgehead atoms. The van der Waals surface area contributed by atoms with Crippen LogP contribution in [0.15, 0.2) is 0 Å². The molecule has 0 saturated carbocycles. The number of carbonyl (C=O) groups is 2. The van der Waals surface area contributed by atoms with E-state index in [4.69, 9.17) is 4.74 Å². The van der Waals surface area contributed by atoms with Crippen LogP contribution in [0.5, 0.6) is 0 Å². The molecule has 0 aliphatic rings. The molecule has 4 nitrogen and oxygen atoms in total. The number of ketones is 1. The molecule has 0 aromatic carbocycles. The number of hydrogen-bond acceptors (Lipinski definition) is 4. The van der Waals surface area contributed by atoms with Crippen LogP contribution in [-0.2, 0) is 19.1 Å². The minimum Gasteiger partial charge on any atom is -0.469 e. The Morgan fingerprint density at radius 1 is 1.21 bits per heavy atom. The van der Waals surface area contributed by atoms with Gasteiger partial charge >= 0.3 is 5.97 Å². The third-order valence-corrected chi connectivity index (χ3v) is 1.66. The minimum absolute atomic E-state index is 0.0862. The van der Waals surface area contributed by atoms with Gasteiger partial charge in [0.2, 0.25) is 0 Å². The zero-order valence-electron chi connectivity index (χ0n) is 8.88. The molecule has 0 spiro atoms. The first-order chi connectivity index (χ1) is 6.70. The summed E-state index contributed by atoms with van der Waals surface area (Å²) in [4.78, 5) is 21.8. The van der Waals surface area contributed by atoms with Crippen LogP contribution in [-0.4, -0.2) is 32.1 Å². The van der Waals surface area contributed by atoms with E-state index in [2.05, 4.69) is 4.74 Å². The lowest BCUT2D eigenvalue weighted by atomic mass is 10.2. The van der Waals surface area contributed by atoms with Gasteiger partial charge in [0, 0.05) is 19.6 Å². The van der Waals surface area contributed by atoms with Crippen molar-refractivity contribution in [2.45, 2.75) is 32.6 Å². The molecular formula is C10H18O4. The monoisotopic (exact) mass is 202 g/mol. The van der Waals surface area contributed by atoms with Crippen LogP contribution < -0.4 is 0 Å². The molecule has 0 amide bonds. The van der Waals surface area contributed by atoms with E-state index in [0.29, 0.717) is 19.4 Å². The number of methoxy groups -OCH3 is 1. The summed E-state index contributed by atoms with van der Waals surface area (Å²) in [6.45, 7) is 3.34. The van der Waals surface area contributed by atoms with Crippen LogP contribution in [0.3, 0.4) is 0 Å². The summed E-state index contributed by atoms with van der Waals surface area (Å²) < 4.78 is 9.57. The lowest BCUT2D eigenvalue weighted by molar-refractivity contribution is -0.143. The highest BCUT2D eigenvalue weighted by molar-refractivity contribution is 5.95. The van der Waals surface area contributed by atoms with Gasteiger partial charge in [0.25, 0.3) is 0 Å². The number of rotatable bonds is 8. The average molecular weight is 202 g/mol. The second-order valence-electron chi connectivity index (χ2n) is 3.01. The molecule has 0 aliphatic carbocycles. The molecule has 0 fully saturated rings. The van der Waals surface area contributed by atoms with E-state index in [1.54, 1.807) is 0 Å². The first-order valence-corrected chi connectivity index (χ1v) is 4.87. The van der Waals surface area contributed by atoms with Gasteiger partial charge in [-0.3, -0.25) is 9.59 Å². The van der Waals surface area contributed by atoms with E-state index in [1.165, 1.54) is 7.11 Å². The zero-order valence-corrected chi connectivity index (χ0v) is 8.88. The minimum atomic E-state index is -0.468. The second kappa shape index (κ2) is 8.69. The van der Waals surface area contributed by atoms with Crippen molar-refractivity contribution in [3.63, 3.8) is 0 Å². The molecule has 14 heavy (non-hydrogen) atoms. The van der Waals surface area contributed by atoms with Gasteiger partial charge in [-0.25, -0.2) is 0 Å². The normalized spacial score (nSPS) is 9.86. The molecule has 0 aliphatic heterocycles. The first kappa shape index (κ1) is 13.1. The van der Waals surface area contributed by atoms with Gasteiger partial charge in [-0.1, -0.05) is 6.92 Å². The van der Waals surface area contributed by atoms with Crippen molar-refractivity contribution >= 4 is 11.8 Å². The maximum atomic E-state index is 11.1. The number of Topliss-reactive ketones (excluding diaryl/α,β-unsaturated/α-hetero) is 1. The Morgan fingerprint density at radius 3 is 2.50 bits per heavy atom. The molecule has 0 unspecified atom stereocenters. The van der Waals surface area contributed by atoms with Crippen LogP contribution in [0, 0.1) is 0 Å². The largest absolute Gasteiger partial charge is 0.469 e. The summed E-state index contributed by atoms with van der Waals surface area (Å²) in [5.41, 5.74) is 0. The lowest BCUT2D eigenvalue weighted by Gasteiger charge is -2.01. The quantitative estimate of drug-likeness (QED) is 0.338. The van der Waals surface area contributed by atoms with Crippen molar-refractivity contribution in [2.24, 2.45) is 0 Å². The summed E-state index contributed by atoms with van der Waals surface area (Å²) in [5, 5.41) is 0. The number of hydrogen-bond donors (Lipinski definition) is 0. The average Bonchev–Trinajstić information content (AvgIpc) is 2.17. The molecule has 0 heterocycles. The molecular weight excluding hydrogens is 184 g/mol. The smallest absolute Gasteiger partial charge is 0.313 e. The maximum Gasteiger partial charge on any atom is 0.313 e. The Bertz CT molecular complexity index is 177. The fraction of sp³-hybridized carbons (Fsp3) is 0.800. The number of carbonyl (C=O) groups excluding carboxylic acids is 2. The molecule has 0 saturated heterocycles. The van der Waals surface area contributed by atoms with Crippen LogP contribution in [0.1, 0.15) is 32.6 Å². The topological polar surface area (TPSA) is 52.6 Å². The van der Waals surface area contributed by atoms with E-state index in [1.807, 2.05) is 6.92 Å². The highest BCUT2D eigenvalue weighted by Gasteiger charge is 2.08. The van der Waals surface area contributed by atoms with Crippen LogP contribution in [0.4, 0.5) is 0 Å².